The highest BCUT2D eigenvalue weighted by Crippen LogP contribution is 2.01. The van der Waals surface area contributed by atoms with Crippen molar-refractivity contribution in [1.29, 1.82) is 0 Å². The van der Waals surface area contributed by atoms with Gasteiger partial charge in [-0.2, -0.15) is 0 Å². The average Bonchev–Trinajstić information content (AvgIpc) is 2.19. The van der Waals surface area contributed by atoms with E-state index in [-0.39, 0.29) is 8.80 Å². The predicted octanol–water partition coefficient (Wildman–Crippen LogP) is 1.32. The molecule has 0 rings (SSSR count). The van der Waals surface area contributed by atoms with E-state index in [0.717, 1.165) is 19.1 Å². The highest BCUT2D eigenvalue weighted by atomic mass is 28.3. The van der Waals surface area contributed by atoms with E-state index in [9.17, 15) is 0 Å². The maximum atomic E-state index is 5.51. The summed E-state index contributed by atoms with van der Waals surface area (Å²) in [5.74, 6) is 0. The molecule has 83 valence electrons. The Balaban J connectivity index is 3.07. The van der Waals surface area contributed by atoms with Crippen molar-refractivity contribution in [3.05, 3.63) is 0 Å². The molecule has 0 aromatic heterocycles. The van der Waals surface area contributed by atoms with Crippen LogP contribution >= 0.6 is 0 Å². The van der Waals surface area contributed by atoms with Gasteiger partial charge in [0.25, 0.3) is 9.76 Å². The highest BCUT2D eigenvalue weighted by Gasteiger charge is 2.04. The van der Waals surface area contributed by atoms with Crippen molar-refractivity contribution in [3.8, 4) is 0 Å². The van der Waals surface area contributed by atoms with Gasteiger partial charge in [-0.05, 0) is 6.42 Å². The molecule has 14 heavy (non-hydrogen) atoms. The van der Waals surface area contributed by atoms with Crippen LogP contribution in [0, 0.1) is 0 Å². The second-order valence-electron chi connectivity index (χ2n) is 3.27. The molecular weight excluding hydrogens is 212 g/mol. The first kappa shape index (κ1) is 14.3. The maximum absolute atomic E-state index is 5.51. The SMILES string of the molecule is COCCCC[Si](C)CO[Si]COC. The Kier molecular flexibility index (Phi) is 11.6. The molecule has 0 atom stereocenters. The molecule has 0 aliphatic rings. The molecule has 0 spiro atoms. The molecule has 0 aliphatic heterocycles. The van der Waals surface area contributed by atoms with Crippen LogP contribution in [0.3, 0.4) is 0 Å². The first-order valence-corrected chi connectivity index (χ1v) is 8.48. The van der Waals surface area contributed by atoms with Crippen molar-refractivity contribution in [2.24, 2.45) is 0 Å². The van der Waals surface area contributed by atoms with Crippen LogP contribution in [-0.4, -0.2) is 51.8 Å². The molecule has 0 aromatic rings. The number of methoxy groups -OCH3 is 2. The summed E-state index contributed by atoms with van der Waals surface area (Å²) in [7, 11) is 3.70. The third-order valence-corrected chi connectivity index (χ3v) is 4.71. The Hall–Kier alpha value is 0.314. The molecule has 0 N–H and O–H groups in total. The summed E-state index contributed by atoms with van der Waals surface area (Å²) < 4.78 is 15.4. The molecule has 0 saturated carbocycles. The van der Waals surface area contributed by atoms with Gasteiger partial charge < -0.3 is 13.9 Å². The van der Waals surface area contributed by atoms with E-state index < -0.39 is 0 Å². The summed E-state index contributed by atoms with van der Waals surface area (Å²) in [6.45, 7) is 3.22. The third-order valence-electron chi connectivity index (χ3n) is 1.83. The molecule has 0 bridgehead atoms. The van der Waals surface area contributed by atoms with E-state index >= 15 is 0 Å². The first-order chi connectivity index (χ1) is 6.81. The van der Waals surface area contributed by atoms with Crippen molar-refractivity contribution in [1.82, 2.24) is 0 Å². The van der Waals surface area contributed by atoms with E-state index in [1.807, 2.05) is 0 Å². The second kappa shape index (κ2) is 11.4. The average molecular weight is 233 g/mol. The van der Waals surface area contributed by atoms with Gasteiger partial charge >= 0.3 is 0 Å². The lowest BCUT2D eigenvalue weighted by Gasteiger charge is -2.09. The van der Waals surface area contributed by atoms with Gasteiger partial charge in [0.05, 0.1) is 15.0 Å². The molecule has 3 nitrogen and oxygen atoms in total. The van der Waals surface area contributed by atoms with Crippen molar-refractivity contribution in [3.63, 3.8) is 0 Å². The second-order valence-corrected chi connectivity index (χ2v) is 6.84. The fourth-order valence-corrected chi connectivity index (χ4v) is 3.61. The molecule has 0 aromatic carbocycles. The van der Waals surface area contributed by atoms with Crippen LogP contribution in [0.2, 0.25) is 12.6 Å². The molecule has 0 aliphatic carbocycles. The van der Waals surface area contributed by atoms with E-state index in [1.165, 1.54) is 18.9 Å². The van der Waals surface area contributed by atoms with Crippen LogP contribution in [0.15, 0.2) is 0 Å². The Morgan fingerprint density at radius 3 is 2.57 bits per heavy atom. The summed E-state index contributed by atoms with van der Waals surface area (Å²) in [6, 6.07) is 1.32. The summed E-state index contributed by atoms with van der Waals surface area (Å²) >= 11 is 0. The van der Waals surface area contributed by atoms with Gasteiger partial charge in [0.2, 0.25) is 0 Å². The third kappa shape index (κ3) is 10.4. The number of hydrogen-bond donors (Lipinski definition) is 0. The van der Waals surface area contributed by atoms with Crippen LogP contribution in [0.1, 0.15) is 12.8 Å². The Labute approximate surface area is 91.7 Å². The lowest BCUT2D eigenvalue weighted by Crippen LogP contribution is -2.20. The van der Waals surface area contributed by atoms with Crippen LogP contribution < -0.4 is 0 Å². The zero-order valence-electron chi connectivity index (χ0n) is 9.47. The Morgan fingerprint density at radius 1 is 1.14 bits per heavy atom. The van der Waals surface area contributed by atoms with Gasteiger partial charge in [-0.15, -0.1) is 0 Å². The number of ether oxygens (including phenoxy) is 2. The Morgan fingerprint density at radius 2 is 1.93 bits per heavy atom. The predicted molar refractivity (Wildman–Crippen MR) is 61.1 cm³/mol. The number of unbranched alkanes of at least 4 members (excludes halogenated alkanes) is 1. The molecule has 0 saturated heterocycles. The van der Waals surface area contributed by atoms with E-state index in [1.54, 1.807) is 14.2 Å². The summed E-state index contributed by atoms with van der Waals surface area (Å²) in [4.78, 5) is 0. The summed E-state index contributed by atoms with van der Waals surface area (Å²) in [5.41, 5.74) is 0. The fourth-order valence-electron chi connectivity index (χ4n) is 1.02. The van der Waals surface area contributed by atoms with Crippen LogP contribution in [-0.2, 0) is 13.9 Å². The first-order valence-electron chi connectivity index (χ1n) is 4.95. The monoisotopic (exact) mass is 233 g/mol. The number of rotatable bonds is 10. The minimum Gasteiger partial charge on any atom is -0.418 e. The molecule has 0 unspecified atom stereocenters. The maximum Gasteiger partial charge on any atom is 0.257 e. The van der Waals surface area contributed by atoms with Gasteiger partial charge in [0.1, 0.15) is 0 Å². The van der Waals surface area contributed by atoms with Crippen LogP contribution in [0.25, 0.3) is 0 Å². The normalized spacial score (nSPS) is 11.1. The standard InChI is InChI=1S/C9H21O3Si2/c1-10-6-4-5-7-14(3)9-12-13-8-11-2/h4-9H2,1-3H3. The van der Waals surface area contributed by atoms with E-state index in [2.05, 4.69) is 6.55 Å². The molecule has 0 heterocycles. The lowest BCUT2D eigenvalue weighted by atomic mass is 10.4. The van der Waals surface area contributed by atoms with Gasteiger partial charge in [-0.25, -0.2) is 0 Å². The molecule has 0 fully saturated rings. The zero-order chi connectivity index (χ0) is 10.6. The minimum absolute atomic E-state index is 0.277. The lowest BCUT2D eigenvalue weighted by molar-refractivity contribution is 0.194. The Bertz CT molecular complexity index is 102. The molecule has 5 heteroatoms. The highest BCUT2D eigenvalue weighted by molar-refractivity contribution is 6.57. The summed E-state index contributed by atoms with van der Waals surface area (Å²) in [6.07, 6.45) is 4.15. The van der Waals surface area contributed by atoms with Gasteiger partial charge in [0.15, 0.2) is 0 Å². The molecular formula is C9H21O3Si2. The summed E-state index contributed by atoms with van der Waals surface area (Å²) in [5, 5.41) is 0. The van der Waals surface area contributed by atoms with E-state index in [4.69, 9.17) is 13.9 Å². The van der Waals surface area contributed by atoms with Crippen LogP contribution in [0.4, 0.5) is 0 Å². The minimum atomic E-state index is -0.277. The van der Waals surface area contributed by atoms with E-state index in [0.29, 0.717) is 9.76 Å². The zero-order valence-corrected chi connectivity index (χ0v) is 11.5. The van der Waals surface area contributed by atoms with Crippen LogP contribution in [0.5, 0.6) is 0 Å². The van der Waals surface area contributed by atoms with Gasteiger partial charge in [0, 0.05) is 27.1 Å². The smallest absolute Gasteiger partial charge is 0.257 e. The molecule has 0 amide bonds. The quantitative estimate of drug-likeness (QED) is 0.421. The largest absolute Gasteiger partial charge is 0.418 e. The van der Waals surface area contributed by atoms with Gasteiger partial charge in [-0.3, -0.25) is 0 Å². The molecule has 3 radical (unpaired) electrons. The van der Waals surface area contributed by atoms with Gasteiger partial charge in [-0.1, -0.05) is 19.0 Å². The number of hydrogen-bond acceptors (Lipinski definition) is 3. The van der Waals surface area contributed by atoms with Crippen molar-refractivity contribution in [2.75, 3.05) is 33.3 Å². The van der Waals surface area contributed by atoms with Crippen molar-refractivity contribution < 1.29 is 13.9 Å². The van der Waals surface area contributed by atoms with Crippen molar-refractivity contribution in [2.45, 2.75) is 25.4 Å². The topological polar surface area (TPSA) is 27.7 Å². The van der Waals surface area contributed by atoms with Crippen molar-refractivity contribution >= 4 is 18.6 Å². The fraction of sp³-hybridized carbons (Fsp3) is 1.00.